The lowest BCUT2D eigenvalue weighted by molar-refractivity contribution is -0.119. The number of pyridine rings is 1. The minimum Gasteiger partial charge on any atom is -0.317 e. The maximum atomic E-state index is 12.4. The molecule has 0 saturated heterocycles. The van der Waals surface area contributed by atoms with E-state index in [4.69, 9.17) is 0 Å². The Morgan fingerprint density at radius 3 is 2.58 bits per heavy atom. The molecule has 136 valence electrons. The number of nitrogens with zero attached hydrogens (tertiary/aromatic N) is 5. The van der Waals surface area contributed by atoms with Gasteiger partial charge in [0.15, 0.2) is 16.9 Å². The maximum absolute atomic E-state index is 12.4. The SMILES string of the molecule is Cc1ccc(CCCC(=O)Cn2cnc3c2c(=O)n(C)c(=O)n3C)cn1. The molecule has 0 amide bonds. The van der Waals surface area contributed by atoms with Crippen LogP contribution in [0.3, 0.4) is 0 Å². The van der Waals surface area contributed by atoms with Crippen LogP contribution in [0.25, 0.3) is 11.2 Å². The van der Waals surface area contributed by atoms with Gasteiger partial charge < -0.3 is 4.57 Å². The molecular formula is C18H21N5O3. The maximum Gasteiger partial charge on any atom is 0.332 e. The summed E-state index contributed by atoms with van der Waals surface area (Å²) >= 11 is 0. The number of ketones is 1. The highest BCUT2D eigenvalue weighted by Gasteiger charge is 2.15. The number of fused-ring (bicyclic) bond motifs is 1. The van der Waals surface area contributed by atoms with E-state index >= 15 is 0 Å². The minimum atomic E-state index is -0.445. The number of carbonyl (C=O) groups excluding carboxylic acids is 1. The predicted octanol–water partition coefficient (Wildman–Crippen LogP) is 0.729. The molecule has 0 bridgehead atoms. The van der Waals surface area contributed by atoms with E-state index in [0.29, 0.717) is 12.8 Å². The molecule has 0 fully saturated rings. The molecule has 3 rings (SSSR count). The molecule has 0 atom stereocenters. The number of aromatic nitrogens is 5. The predicted molar refractivity (Wildman–Crippen MR) is 97.1 cm³/mol. The molecule has 8 nitrogen and oxygen atoms in total. The molecule has 3 heterocycles. The van der Waals surface area contributed by atoms with E-state index in [1.165, 1.54) is 22.5 Å². The summed E-state index contributed by atoms with van der Waals surface area (Å²) in [6.07, 6.45) is 5.16. The minimum absolute atomic E-state index is 0.0141. The fraction of sp³-hybridized carbons (Fsp3) is 0.389. The fourth-order valence-corrected chi connectivity index (χ4v) is 2.92. The van der Waals surface area contributed by atoms with Crippen LogP contribution in [0.1, 0.15) is 24.1 Å². The highest BCUT2D eigenvalue weighted by molar-refractivity contribution is 5.80. The van der Waals surface area contributed by atoms with Gasteiger partial charge in [-0.25, -0.2) is 9.78 Å². The van der Waals surface area contributed by atoms with Crippen molar-refractivity contribution in [3.8, 4) is 0 Å². The van der Waals surface area contributed by atoms with Crippen LogP contribution >= 0.6 is 0 Å². The first-order valence-corrected chi connectivity index (χ1v) is 8.42. The molecule has 0 N–H and O–H groups in total. The van der Waals surface area contributed by atoms with Crippen LogP contribution < -0.4 is 11.2 Å². The summed E-state index contributed by atoms with van der Waals surface area (Å²) in [5, 5.41) is 0. The summed E-state index contributed by atoms with van der Waals surface area (Å²) in [6.45, 7) is 2.00. The number of Topliss-reactive ketones (excluding diaryl/α,β-unsaturated/α-hetero) is 1. The second-order valence-electron chi connectivity index (χ2n) is 6.45. The molecule has 0 aliphatic carbocycles. The second-order valence-corrected chi connectivity index (χ2v) is 6.45. The number of hydrogen-bond acceptors (Lipinski definition) is 5. The van der Waals surface area contributed by atoms with Crippen molar-refractivity contribution in [1.29, 1.82) is 0 Å². The Morgan fingerprint density at radius 2 is 1.88 bits per heavy atom. The van der Waals surface area contributed by atoms with Crippen LogP contribution in [0, 0.1) is 6.92 Å². The Bertz CT molecular complexity index is 1070. The molecule has 3 aromatic heterocycles. The van der Waals surface area contributed by atoms with Gasteiger partial charge in [-0.1, -0.05) is 6.07 Å². The molecular weight excluding hydrogens is 334 g/mol. The van der Waals surface area contributed by atoms with Gasteiger partial charge in [0.2, 0.25) is 0 Å². The van der Waals surface area contributed by atoms with Crippen LogP contribution in [0.2, 0.25) is 0 Å². The van der Waals surface area contributed by atoms with E-state index in [9.17, 15) is 14.4 Å². The van der Waals surface area contributed by atoms with E-state index in [1.54, 1.807) is 7.05 Å². The first kappa shape index (κ1) is 17.8. The van der Waals surface area contributed by atoms with E-state index < -0.39 is 11.2 Å². The van der Waals surface area contributed by atoms with Gasteiger partial charge >= 0.3 is 5.69 Å². The van der Waals surface area contributed by atoms with E-state index in [0.717, 1.165) is 22.2 Å². The fourth-order valence-electron chi connectivity index (χ4n) is 2.92. The topological polar surface area (TPSA) is 91.8 Å². The molecule has 0 aliphatic rings. The Kier molecular flexibility index (Phi) is 4.83. The molecule has 0 spiro atoms. The van der Waals surface area contributed by atoms with Gasteiger partial charge in [-0.3, -0.25) is 23.7 Å². The molecule has 0 aromatic carbocycles. The lowest BCUT2D eigenvalue weighted by Gasteiger charge is -2.06. The van der Waals surface area contributed by atoms with Crippen LogP contribution in [-0.2, 0) is 31.9 Å². The zero-order valence-corrected chi connectivity index (χ0v) is 15.1. The molecule has 26 heavy (non-hydrogen) atoms. The standard InChI is InChI=1S/C18H21N5O3/c1-12-7-8-13(9-19-12)5-4-6-14(24)10-23-11-20-16-15(23)17(25)22(3)18(26)21(16)2/h7-9,11H,4-6,10H2,1-3H3. The second kappa shape index (κ2) is 7.07. The van der Waals surface area contributed by atoms with Gasteiger partial charge in [-0.05, 0) is 31.4 Å². The quantitative estimate of drug-likeness (QED) is 0.650. The lowest BCUT2D eigenvalue weighted by atomic mass is 10.1. The average molecular weight is 355 g/mol. The van der Waals surface area contributed by atoms with Crippen LogP contribution in [0.5, 0.6) is 0 Å². The van der Waals surface area contributed by atoms with Crippen molar-refractivity contribution in [2.75, 3.05) is 0 Å². The van der Waals surface area contributed by atoms with Crippen LogP contribution in [0.4, 0.5) is 0 Å². The zero-order chi connectivity index (χ0) is 18.8. The third-order valence-corrected chi connectivity index (χ3v) is 4.46. The van der Waals surface area contributed by atoms with Gasteiger partial charge in [0.05, 0.1) is 12.9 Å². The van der Waals surface area contributed by atoms with E-state index in [1.807, 2.05) is 25.3 Å². The smallest absolute Gasteiger partial charge is 0.317 e. The van der Waals surface area contributed by atoms with Crippen molar-refractivity contribution in [3.05, 3.63) is 56.8 Å². The summed E-state index contributed by atoms with van der Waals surface area (Å²) in [6, 6.07) is 3.97. The highest BCUT2D eigenvalue weighted by atomic mass is 16.2. The Labute approximate surface area is 149 Å². The Morgan fingerprint density at radius 1 is 1.12 bits per heavy atom. The third-order valence-electron chi connectivity index (χ3n) is 4.46. The molecule has 8 heteroatoms. The van der Waals surface area contributed by atoms with Crippen molar-refractivity contribution in [3.63, 3.8) is 0 Å². The summed E-state index contributed by atoms with van der Waals surface area (Å²) < 4.78 is 3.85. The van der Waals surface area contributed by atoms with Crippen molar-refractivity contribution in [2.24, 2.45) is 14.1 Å². The largest absolute Gasteiger partial charge is 0.332 e. The zero-order valence-electron chi connectivity index (χ0n) is 15.1. The number of imidazole rings is 1. The van der Waals surface area contributed by atoms with Gasteiger partial charge in [0.1, 0.15) is 0 Å². The first-order chi connectivity index (χ1) is 12.4. The molecule has 0 unspecified atom stereocenters. The van der Waals surface area contributed by atoms with Crippen molar-refractivity contribution in [2.45, 2.75) is 32.7 Å². The average Bonchev–Trinajstić information content (AvgIpc) is 3.03. The van der Waals surface area contributed by atoms with Crippen molar-refractivity contribution >= 4 is 16.9 Å². The third kappa shape index (κ3) is 3.35. The monoisotopic (exact) mass is 355 g/mol. The number of aryl methyl sites for hydroxylation is 3. The molecule has 0 saturated carbocycles. The number of rotatable bonds is 6. The molecule has 0 aliphatic heterocycles. The normalized spacial score (nSPS) is 11.2. The van der Waals surface area contributed by atoms with Gasteiger partial charge in [-0.2, -0.15) is 0 Å². The highest BCUT2D eigenvalue weighted by Crippen LogP contribution is 2.09. The van der Waals surface area contributed by atoms with Crippen LogP contribution in [0.15, 0.2) is 34.2 Å². The summed E-state index contributed by atoms with van der Waals surface area (Å²) in [5.41, 5.74) is 1.74. The van der Waals surface area contributed by atoms with Crippen LogP contribution in [-0.4, -0.2) is 29.5 Å². The van der Waals surface area contributed by atoms with Crippen molar-refractivity contribution in [1.82, 2.24) is 23.7 Å². The molecule has 0 radical (unpaired) electrons. The Hall–Kier alpha value is -3.03. The first-order valence-electron chi connectivity index (χ1n) is 8.42. The van der Waals surface area contributed by atoms with Gasteiger partial charge in [-0.15, -0.1) is 0 Å². The summed E-state index contributed by atoms with van der Waals surface area (Å²) in [7, 11) is 2.97. The molecule has 3 aromatic rings. The summed E-state index contributed by atoms with van der Waals surface area (Å²) in [4.78, 5) is 45.0. The number of hydrogen-bond donors (Lipinski definition) is 0. The van der Waals surface area contributed by atoms with Gasteiger partial charge in [0, 0.05) is 32.4 Å². The van der Waals surface area contributed by atoms with Gasteiger partial charge in [0.25, 0.3) is 5.56 Å². The van der Waals surface area contributed by atoms with E-state index in [2.05, 4.69) is 9.97 Å². The number of carbonyl (C=O) groups is 1. The van der Waals surface area contributed by atoms with Crippen molar-refractivity contribution < 1.29 is 4.79 Å². The summed E-state index contributed by atoms with van der Waals surface area (Å²) in [5.74, 6) is 0.0141. The Balaban J connectivity index is 1.71. The lowest BCUT2D eigenvalue weighted by Crippen LogP contribution is -2.37. The van der Waals surface area contributed by atoms with E-state index in [-0.39, 0.29) is 23.5 Å².